The number of phosphoric ester groups is 1. The van der Waals surface area contributed by atoms with Crippen molar-refractivity contribution in [3.63, 3.8) is 0 Å². The second-order valence-corrected chi connectivity index (χ2v) is 16.6. The van der Waals surface area contributed by atoms with E-state index in [0.717, 1.165) is 18.4 Å². The van der Waals surface area contributed by atoms with Crippen molar-refractivity contribution in [2.75, 3.05) is 13.6 Å². The lowest BCUT2D eigenvalue weighted by Gasteiger charge is -2.30. The number of hydrogen-bond donors (Lipinski definition) is 2. The van der Waals surface area contributed by atoms with Crippen LogP contribution >= 0.6 is 7.82 Å². The number of rotatable bonds is 14. The second-order valence-electron chi connectivity index (χ2n) is 15.2. The third-order valence-corrected chi connectivity index (χ3v) is 8.94. The Morgan fingerprint density at radius 3 is 1.98 bits per heavy atom. The Morgan fingerprint density at radius 1 is 0.891 bits per heavy atom. The highest BCUT2D eigenvalue weighted by molar-refractivity contribution is 7.49. The van der Waals surface area contributed by atoms with Gasteiger partial charge in [0.2, 0.25) is 5.91 Å². The number of urea groups is 1. The number of likely N-dealkylation sites (N-methyl/N-ethyl adjacent to an activating group) is 1. The summed E-state index contributed by atoms with van der Waals surface area (Å²) in [5.41, 5.74) is -1.55. The SMILES string of the molecule is CN(CCCC1CCCCC1)C(=O)[C@H](CC(=O)OC(C)(C)C)NC(=O)NCc1ccc(OP(=O)(OC(C)(C)C)OC(C)(C)C)cc1. The zero-order valence-electron chi connectivity index (χ0n) is 29.7. The van der Waals surface area contributed by atoms with Crippen molar-refractivity contribution in [1.82, 2.24) is 15.5 Å². The van der Waals surface area contributed by atoms with Gasteiger partial charge in [0.1, 0.15) is 17.4 Å². The van der Waals surface area contributed by atoms with Gasteiger partial charge in [-0.2, -0.15) is 0 Å². The molecule has 1 aliphatic carbocycles. The average Bonchev–Trinajstić information content (AvgIpc) is 2.89. The first-order valence-corrected chi connectivity index (χ1v) is 17.9. The summed E-state index contributed by atoms with van der Waals surface area (Å²) in [7, 11) is -2.26. The summed E-state index contributed by atoms with van der Waals surface area (Å²) in [4.78, 5) is 40.5. The molecule has 46 heavy (non-hydrogen) atoms. The summed E-state index contributed by atoms with van der Waals surface area (Å²) in [6.07, 6.45) is 8.00. The van der Waals surface area contributed by atoms with E-state index in [9.17, 15) is 18.9 Å². The molecule has 0 unspecified atom stereocenters. The van der Waals surface area contributed by atoms with Crippen molar-refractivity contribution in [2.45, 2.75) is 143 Å². The lowest BCUT2D eigenvalue weighted by atomic mass is 9.86. The van der Waals surface area contributed by atoms with Gasteiger partial charge in [0.05, 0.1) is 17.6 Å². The largest absolute Gasteiger partial charge is 0.531 e. The van der Waals surface area contributed by atoms with E-state index in [2.05, 4.69) is 10.6 Å². The van der Waals surface area contributed by atoms with E-state index in [-0.39, 0.29) is 24.6 Å². The summed E-state index contributed by atoms with van der Waals surface area (Å²) in [5, 5.41) is 5.42. The van der Waals surface area contributed by atoms with E-state index in [0.29, 0.717) is 12.5 Å². The third kappa shape index (κ3) is 16.3. The van der Waals surface area contributed by atoms with Crippen molar-refractivity contribution < 1.29 is 37.3 Å². The van der Waals surface area contributed by atoms with Gasteiger partial charge in [-0.1, -0.05) is 44.2 Å². The molecule has 2 N–H and O–H groups in total. The molecular weight excluding hydrogens is 609 g/mol. The van der Waals surface area contributed by atoms with Crippen LogP contribution in [-0.4, -0.2) is 59.2 Å². The van der Waals surface area contributed by atoms with Crippen LogP contribution in [0.25, 0.3) is 0 Å². The van der Waals surface area contributed by atoms with Gasteiger partial charge in [-0.3, -0.25) is 18.6 Å². The Bertz CT molecular complexity index is 1160. The molecule has 1 fully saturated rings. The first-order chi connectivity index (χ1) is 21.1. The molecule has 0 aromatic heterocycles. The molecule has 3 amide bonds. The Kier molecular flexibility index (Phi) is 14.6. The number of carbonyl (C=O) groups excluding carboxylic acids is 3. The zero-order valence-corrected chi connectivity index (χ0v) is 30.6. The first-order valence-electron chi connectivity index (χ1n) is 16.4. The van der Waals surface area contributed by atoms with E-state index in [4.69, 9.17) is 18.3 Å². The maximum absolute atomic E-state index is 13.4. The fraction of sp³-hybridized carbons (Fsp3) is 0.735. The lowest BCUT2D eigenvalue weighted by Crippen LogP contribution is -2.51. The van der Waals surface area contributed by atoms with Crippen molar-refractivity contribution in [2.24, 2.45) is 5.92 Å². The summed E-state index contributed by atoms with van der Waals surface area (Å²) in [5.74, 6) is 0.0723. The highest BCUT2D eigenvalue weighted by atomic mass is 31.2. The molecule has 262 valence electrons. The topological polar surface area (TPSA) is 133 Å². The molecule has 2 rings (SSSR count). The molecule has 11 nitrogen and oxygen atoms in total. The number of benzene rings is 1. The number of nitrogens with one attached hydrogen (secondary N) is 2. The van der Waals surface area contributed by atoms with Crippen LogP contribution in [0.15, 0.2) is 24.3 Å². The van der Waals surface area contributed by atoms with Crippen molar-refractivity contribution in [1.29, 1.82) is 0 Å². The number of hydrogen-bond acceptors (Lipinski definition) is 8. The van der Waals surface area contributed by atoms with Crippen LogP contribution < -0.4 is 15.2 Å². The smallest absolute Gasteiger partial charge is 0.460 e. The molecule has 0 spiro atoms. The van der Waals surface area contributed by atoms with Gasteiger partial charge >= 0.3 is 19.8 Å². The van der Waals surface area contributed by atoms with Crippen LogP contribution in [-0.2, 0) is 34.5 Å². The van der Waals surface area contributed by atoms with Crippen molar-refractivity contribution in [3.05, 3.63) is 29.8 Å². The molecule has 1 atom stereocenters. The quantitative estimate of drug-likeness (QED) is 0.154. The molecule has 0 radical (unpaired) electrons. The Hall–Kier alpha value is -2.62. The minimum atomic E-state index is -3.96. The number of nitrogens with zero attached hydrogens (tertiary/aromatic N) is 1. The lowest BCUT2D eigenvalue weighted by molar-refractivity contribution is -0.157. The Balaban J connectivity index is 2.01. The van der Waals surface area contributed by atoms with E-state index >= 15 is 0 Å². The third-order valence-electron chi connectivity index (χ3n) is 6.97. The highest BCUT2D eigenvalue weighted by Crippen LogP contribution is 2.55. The minimum absolute atomic E-state index is 0.130. The van der Waals surface area contributed by atoms with Crippen LogP contribution in [0.2, 0.25) is 0 Å². The van der Waals surface area contributed by atoms with Crippen LogP contribution in [0.1, 0.15) is 119 Å². The predicted octanol–water partition coefficient (Wildman–Crippen LogP) is 7.52. The molecule has 0 heterocycles. The monoisotopic (exact) mass is 667 g/mol. The van der Waals surface area contributed by atoms with Gasteiger partial charge in [0.15, 0.2) is 0 Å². The van der Waals surface area contributed by atoms with Crippen molar-refractivity contribution >= 4 is 25.7 Å². The molecule has 1 aromatic rings. The second kappa shape index (κ2) is 17.0. The molecule has 12 heteroatoms. The van der Waals surface area contributed by atoms with E-state index in [1.807, 2.05) is 0 Å². The molecule has 1 aromatic carbocycles. The van der Waals surface area contributed by atoms with Gasteiger partial charge in [0, 0.05) is 20.1 Å². The van der Waals surface area contributed by atoms with Gasteiger partial charge in [-0.25, -0.2) is 9.36 Å². The number of phosphoric acid groups is 1. The molecule has 1 saturated carbocycles. The number of esters is 1. The minimum Gasteiger partial charge on any atom is -0.460 e. The van der Waals surface area contributed by atoms with E-state index < -0.39 is 42.7 Å². The van der Waals surface area contributed by atoms with Crippen molar-refractivity contribution in [3.8, 4) is 5.75 Å². The average molecular weight is 668 g/mol. The first kappa shape index (κ1) is 39.6. The van der Waals surface area contributed by atoms with E-state index in [1.165, 1.54) is 32.1 Å². The number of carbonyl (C=O) groups is 3. The Labute approximate surface area is 276 Å². The van der Waals surface area contributed by atoms with Gasteiger partial charge in [-0.05, 0) is 98.8 Å². The van der Waals surface area contributed by atoms with Gasteiger partial charge in [0.25, 0.3) is 0 Å². The molecule has 0 bridgehead atoms. The summed E-state index contributed by atoms with van der Waals surface area (Å²) >= 11 is 0. The summed E-state index contributed by atoms with van der Waals surface area (Å²) < 4.78 is 35.9. The van der Waals surface area contributed by atoms with E-state index in [1.54, 1.807) is 98.5 Å². The standard InChI is InChI=1S/C34H58N3O8P/c1-32(2,3)42-29(38)23-28(30(39)37(10)22-14-17-25-15-12-11-13-16-25)36-31(40)35-24-26-18-20-27(21-19-26)43-46(41,44-33(4,5)6)45-34(7,8)9/h18-21,25,28H,11-17,22-24H2,1-10H3,(H2,35,36,40)/t28-/m0/s1. The van der Waals surface area contributed by atoms with Crippen LogP contribution in [0.5, 0.6) is 5.75 Å². The predicted molar refractivity (Wildman–Crippen MR) is 179 cm³/mol. The maximum atomic E-state index is 13.4. The maximum Gasteiger partial charge on any atom is 0.531 e. The fourth-order valence-electron chi connectivity index (χ4n) is 5.13. The molecular formula is C34H58N3O8P. The van der Waals surface area contributed by atoms with Crippen LogP contribution in [0.3, 0.4) is 0 Å². The molecule has 0 aliphatic heterocycles. The highest BCUT2D eigenvalue weighted by Gasteiger charge is 2.38. The van der Waals surface area contributed by atoms with Crippen LogP contribution in [0, 0.1) is 5.92 Å². The molecule has 0 saturated heterocycles. The fourth-order valence-corrected chi connectivity index (χ4v) is 6.97. The summed E-state index contributed by atoms with van der Waals surface area (Å²) in [6.45, 7) is 16.5. The normalized spacial score (nSPS) is 15.5. The van der Waals surface area contributed by atoms with Gasteiger partial charge < -0.3 is 24.8 Å². The molecule has 1 aliphatic rings. The van der Waals surface area contributed by atoms with Crippen LogP contribution in [0.4, 0.5) is 4.79 Å². The summed E-state index contributed by atoms with van der Waals surface area (Å²) in [6, 6.07) is 4.95. The number of amides is 3. The number of ether oxygens (including phenoxy) is 1. The Morgan fingerprint density at radius 2 is 1.46 bits per heavy atom. The van der Waals surface area contributed by atoms with Gasteiger partial charge in [-0.15, -0.1) is 0 Å². The zero-order chi connectivity index (χ0) is 34.8.